The molecule has 0 aliphatic heterocycles. The van der Waals surface area contributed by atoms with Gasteiger partial charge in [0.05, 0.1) is 30.2 Å². The standard InChI is InChI=1S/C20H21N5O4S/c1-3-28-17-12-8-7-11-16(17)25-20(22-23-24-25)30-13-18(26)21-15-10-6-5-9-14(15)19(27)29-4-2/h5-12H,3-4,13H2,1-2H3,(H,21,26). The van der Waals surface area contributed by atoms with E-state index in [1.165, 1.54) is 16.4 Å². The summed E-state index contributed by atoms with van der Waals surface area (Å²) in [5.41, 5.74) is 1.37. The lowest BCUT2D eigenvalue weighted by atomic mass is 10.2. The van der Waals surface area contributed by atoms with Gasteiger partial charge in [-0.15, -0.1) is 5.10 Å². The molecule has 1 N–H and O–H groups in total. The molecular weight excluding hydrogens is 406 g/mol. The molecule has 0 atom stereocenters. The second-order valence-corrected chi connectivity index (χ2v) is 6.82. The molecule has 9 nitrogen and oxygen atoms in total. The van der Waals surface area contributed by atoms with Crippen molar-refractivity contribution in [1.82, 2.24) is 20.2 Å². The molecule has 1 heterocycles. The summed E-state index contributed by atoms with van der Waals surface area (Å²) in [6.07, 6.45) is 0. The lowest BCUT2D eigenvalue weighted by molar-refractivity contribution is -0.113. The maximum Gasteiger partial charge on any atom is 0.340 e. The first-order chi connectivity index (χ1) is 14.6. The molecule has 3 rings (SSSR count). The zero-order chi connectivity index (χ0) is 21.3. The number of para-hydroxylation sites is 3. The molecule has 0 radical (unpaired) electrons. The van der Waals surface area contributed by atoms with E-state index in [9.17, 15) is 9.59 Å². The largest absolute Gasteiger partial charge is 0.492 e. The third kappa shape index (κ3) is 5.15. The fourth-order valence-corrected chi connectivity index (χ4v) is 3.31. The van der Waals surface area contributed by atoms with Crippen LogP contribution in [0.2, 0.25) is 0 Å². The van der Waals surface area contributed by atoms with Crippen LogP contribution in [0.3, 0.4) is 0 Å². The van der Waals surface area contributed by atoms with Crippen molar-refractivity contribution < 1.29 is 19.1 Å². The van der Waals surface area contributed by atoms with Crippen molar-refractivity contribution in [1.29, 1.82) is 0 Å². The molecule has 156 valence electrons. The van der Waals surface area contributed by atoms with Crippen LogP contribution < -0.4 is 10.1 Å². The Hall–Kier alpha value is -3.40. The minimum absolute atomic E-state index is 0.0499. The summed E-state index contributed by atoms with van der Waals surface area (Å²) in [7, 11) is 0. The molecule has 0 fully saturated rings. The van der Waals surface area contributed by atoms with Gasteiger partial charge in [-0.05, 0) is 48.5 Å². The molecule has 0 aliphatic rings. The smallest absolute Gasteiger partial charge is 0.340 e. The predicted octanol–water partition coefficient (Wildman–Crippen LogP) is 2.97. The van der Waals surface area contributed by atoms with Crippen molar-refractivity contribution in [3.63, 3.8) is 0 Å². The third-order valence-electron chi connectivity index (χ3n) is 3.86. The second kappa shape index (κ2) is 10.4. The van der Waals surface area contributed by atoms with E-state index in [0.717, 1.165) is 0 Å². The Kier molecular flexibility index (Phi) is 7.39. The molecule has 0 unspecified atom stereocenters. The average molecular weight is 427 g/mol. The summed E-state index contributed by atoms with van der Waals surface area (Å²) in [5, 5.41) is 14.9. The fourth-order valence-electron chi connectivity index (χ4n) is 2.63. The molecule has 1 amide bonds. The van der Waals surface area contributed by atoms with Gasteiger partial charge in [-0.1, -0.05) is 36.0 Å². The quantitative estimate of drug-likeness (QED) is 0.410. The first-order valence-electron chi connectivity index (χ1n) is 9.33. The topological polar surface area (TPSA) is 108 Å². The van der Waals surface area contributed by atoms with Crippen molar-refractivity contribution in [2.45, 2.75) is 19.0 Å². The molecule has 30 heavy (non-hydrogen) atoms. The number of thioether (sulfide) groups is 1. The summed E-state index contributed by atoms with van der Waals surface area (Å²) < 4.78 is 12.2. The van der Waals surface area contributed by atoms with Crippen molar-refractivity contribution in [3.05, 3.63) is 54.1 Å². The number of amides is 1. The molecule has 0 saturated carbocycles. The van der Waals surface area contributed by atoms with Crippen LogP contribution in [0.5, 0.6) is 5.75 Å². The second-order valence-electron chi connectivity index (χ2n) is 5.88. The molecule has 0 aliphatic carbocycles. The Morgan fingerprint density at radius 2 is 1.83 bits per heavy atom. The fraction of sp³-hybridized carbons (Fsp3) is 0.250. The van der Waals surface area contributed by atoms with E-state index in [1.54, 1.807) is 31.2 Å². The van der Waals surface area contributed by atoms with Gasteiger partial charge in [-0.25, -0.2) is 4.79 Å². The number of nitrogens with one attached hydrogen (secondary N) is 1. The summed E-state index contributed by atoms with van der Waals surface area (Å²) in [6, 6.07) is 14.1. The maximum atomic E-state index is 12.5. The van der Waals surface area contributed by atoms with Crippen LogP contribution >= 0.6 is 11.8 Å². The van der Waals surface area contributed by atoms with Gasteiger partial charge in [-0.3, -0.25) is 4.79 Å². The maximum absolute atomic E-state index is 12.5. The number of esters is 1. The lowest BCUT2D eigenvalue weighted by Gasteiger charge is -2.11. The Labute approximate surface area is 177 Å². The molecular formula is C20H21N5O4S. The highest BCUT2D eigenvalue weighted by Gasteiger charge is 2.17. The number of rotatable bonds is 9. The zero-order valence-electron chi connectivity index (χ0n) is 16.6. The first-order valence-corrected chi connectivity index (χ1v) is 10.3. The van der Waals surface area contributed by atoms with Crippen LogP contribution in [0.25, 0.3) is 5.69 Å². The summed E-state index contributed by atoms with van der Waals surface area (Å²) in [5.74, 6) is -0.0992. The van der Waals surface area contributed by atoms with Crippen molar-refractivity contribution in [2.24, 2.45) is 0 Å². The molecule has 0 saturated heterocycles. The van der Waals surface area contributed by atoms with E-state index < -0.39 is 5.97 Å². The lowest BCUT2D eigenvalue weighted by Crippen LogP contribution is -2.17. The number of carbonyl (C=O) groups excluding carboxylic acids is 2. The van der Waals surface area contributed by atoms with E-state index in [-0.39, 0.29) is 18.3 Å². The van der Waals surface area contributed by atoms with Gasteiger partial charge in [0.2, 0.25) is 11.1 Å². The zero-order valence-corrected chi connectivity index (χ0v) is 17.4. The molecule has 2 aromatic carbocycles. The van der Waals surface area contributed by atoms with Crippen molar-refractivity contribution >= 4 is 29.3 Å². The SMILES string of the molecule is CCOC(=O)c1ccccc1NC(=O)CSc1nnnn1-c1ccccc1OCC. The van der Waals surface area contributed by atoms with Crippen molar-refractivity contribution in [2.75, 3.05) is 24.3 Å². The number of tetrazole rings is 1. The number of hydrogen-bond acceptors (Lipinski definition) is 8. The van der Waals surface area contributed by atoms with Crippen molar-refractivity contribution in [3.8, 4) is 11.4 Å². The minimum atomic E-state index is -0.488. The highest BCUT2D eigenvalue weighted by molar-refractivity contribution is 7.99. The molecule has 0 spiro atoms. The van der Waals surface area contributed by atoms with Crippen LogP contribution in [0, 0.1) is 0 Å². The molecule has 10 heteroatoms. The monoisotopic (exact) mass is 427 g/mol. The van der Waals surface area contributed by atoms with Crippen LogP contribution in [0.4, 0.5) is 5.69 Å². The van der Waals surface area contributed by atoms with Crippen LogP contribution in [0.1, 0.15) is 24.2 Å². The number of aromatic nitrogens is 4. The van der Waals surface area contributed by atoms with Gasteiger partial charge in [0.25, 0.3) is 0 Å². The summed E-state index contributed by atoms with van der Waals surface area (Å²) in [6.45, 7) is 4.38. The van der Waals surface area contributed by atoms with E-state index >= 15 is 0 Å². The normalized spacial score (nSPS) is 10.5. The van der Waals surface area contributed by atoms with Gasteiger partial charge in [-0.2, -0.15) is 4.68 Å². The van der Waals surface area contributed by atoms with E-state index in [2.05, 4.69) is 20.8 Å². The third-order valence-corrected chi connectivity index (χ3v) is 4.78. The van der Waals surface area contributed by atoms with Crippen LogP contribution in [-0.2, 0) is 9.53 Å². The van der Waals surface area contributed by atoms with E-state index in [0.29, 0.717) is 34.5 Å². The highest BCUT2D eigenvalue weighted by Crippen LogP contribution is 2.26. The Morgan fingerprint density at radius 1 is 1.07 bits per heavy atom. The number of carbonyl (C=O) groups is 2. The Bertz CT molecular complexity index is 1020. The predicted molar refractivity (Wildman–Crippen MR) is 112 cm³/mol. The average Bonchev–Trinajstić information content (AvgIpc) is 3.22. The Balaban J connectivity index is 1.69. The summed E-state index contributed by atoms with van der Waals surface area (Å²) >= 11 is 1.17. The van der Waals surface area contributed by atoms with Gasteiger partial charge in [0.1, 0.15) is 11.4 Å². The minimum Gasteiger partial charge on any atom is -0.492 e. The number of ether oxygens (including phenoxy) is 2. The molecule has 1 aromatic heterocycles. The van der Waals surface area contributed by atoms with Gasteiger partial charge < -0.3 is 14.8 Å². The van der Waals surface area contributed by atoms with Gasteiger partial charge in [0.15, 0.2) is 0 Å². The number of benzene rings is 2. The van der Waals surface area contributed by atoms with Crippen LogP contribution in [-0.4, -0.2) is 51.1 Å². The van der Waals surface area contributed by atoms with Gasteiger partial charge >= 0.3 is 5.97 Å². The van der Waals surface area contributed by atoms with E-state index in [1.807, 2.05) is 31.2 Å². The number of anilines is 1. The van der Waals surface area contributed by atoms with Crippen LogP contribution in [0.15, 0.2) is 53.7 Å². The first kappa shape index (κ1) is 21.3. The van der Waals surface area contributed by atoms with Gasteiger partial charge in [0, 0.05) is 0 Å². The number of hydrogen-bond donors (Lipinski definition) is 1. The molecule has 3 aromatic rings. The Morgan fingerprint density at radius 3 is 2.63 bits per heavy atom. The summed E-state index contributed by atoms with van der Waals surface area (Å²) in [4.78, 5) is 24.5. The molecule has 0 bridgehead atoms. The highest BCUT2D eigenvalue weighted by atomic mass is 32.2. The van der Waals surface area contributed by atoms with E-state index in [4.69, 9.17) is 9.47 Å². The number of nitrogens with zero attached hydrogens (tertiary/aromatic N) is 4.